The molecular formula is C13H33N5. The maximum absolute atomic E-state index is 3.45. The molecule has 0 rings (SSSR count). The first-order chi connectivity index (χ1) is 8.52. The van der Waals surface area contributed by atoms with Gasteiger partial charge in [-0.05, 0) is 35.2 Å². The summed E-state index contributed by atoms with van der Waals surface area (Å²) >= 11 is 0. The van der Waals surface area contributed by atoms with Crippen LogP contribution in [0.2, 0.25) is 0 Å². The summed E-state index contributed by atoms with van der Waals surface area (Å²) in [5, 5.41) is 6.91. The van der Waals surface area contributed by atoms with Crippen molar-refractivity contribution in [3.63, 3.8) is 0 Å². The Bertz CT molecular complexity index is 155. The molecule has 0 radical (unpaired) electrons. The van der Waals surface area contributed by atoms with Crippen LogP contribution in [-0.2, 0) is 0 Å². The molecule has 0 aliphatic heterocycles. The van der Waals surface area contributed by atoms with Gasteiger partial charge in [-0.2, -0.15) is 0 Å². The zero-order valence-electron chi connectivity index (χ0n) is 13.0. The molecule has 0 aliphatic carbocycles. The third-order valence-corrected chi connectivity index (χ3v) is 2.81. The molecule has 5 heteroatoms. The lowest BCUT2D eigenvalue weighted by atomic mass is 10.4. The fourth-order valence-electron chi connectivity index (χ4n) is 1.51. The highest BCUT2D eigenvalue weighted by atomic mass is 15.1. The number of rotatable bonds is 12. The van der Waals surface area contributed by atoms with E-state index in [1.54, 1.807) is 0 Å². The normalized spacial score (nSPS) is 12.0. The van der Waals surface area contributed by atoms with Crippen LogP contribution in [0.4, 0.5) is 0 Å². The average molecular weight is 259 g/mol. The van der Waals surface area contributed by atoms with Crippen LogP contribution < -0.4 is 10.6 Å². The van der Waals surface area contributed by atoms with Crippen LogP contribution in [-0.4, -0.2) is 102 Å². The van der Waals surface area contributed by atoms with Crippen molar-refractivity contribution >= 4 is 0 Å². The smallest absolute Gasteiger partial charge is 0.0104 e. The maximum Gasteiger partial charge on any atom is 0.0104 e. The molecule has 0 fully saturated rings. The minimum Gasteiger partial charge on any atom is -0.314 e. The summed E-state index contributed by atoms with van der Waals surface area (Å²) in [5.41, 5.74) is 0. The molecule has 0 saturated heterocycles. The predicted octanol–water partition coefficient (Wildman–Crippen LogP) is -0.779. The molecule has 0 aromatic rings. The van der Waals surface area contributed by atoms with E-state index in [1.807, 2.05) is 0 Å². The summed E-state index contributed by atoms with van der Waals surface area (Å²) < 4.78 is 0. The van der Waals surface area contributed by atoms with E-state index in [4.69, 9.17) is 0 Å². The molecule has 110 valence electrons. The van der Waals surface area contributed by atoms with Gasteiger partial charge in [0.25, 0.3) is 0 Å². The quantitative estimate of drug-likeness (QED) is 0.450. The second kappa shape index (κ2) is 11.9. The fraction of sp³-hybridized carbons (Fsp3) is 1.00. The molecule has 5 nitrogen and oxygen atoms in total. The second-order valence-corrected chi connectivity index (χ2v) is 5.41. The van der Waals surface area contributed by atoms with Crippen molar-refractivity contribution in [2.24, 2.45) is 0 Å². The Labute approximate surface area is 113 Å². The van der Waals surface area contributed by atoms with Crippen LogP contribution in [0.15, 0.2) is 0 Å². The molecular weight excluding hydrogens is 226 g/mol. The predicted molar refractivity (Wildman–Crippen MR) is 80.3 cm³/mol. The van der Waals surface area contributed by atoms with Crippen LogP contribution >= 0.6 is 0 Å². The van der Waals surface area contributed by atoms with Gasteiger partial charge in [0.15, 0.2) is 0 Å². The highest BCUT2D eigenvalue weighted by Crippen LogP contribution is 1.80. The Morgan fingerprint density at radius 1 is 0.556 bits per heavy atom. The van der Waals surface area contributed by atoms with E-state index >= 15 is 0 Å². The SMILES string of the molecule is CN(C)CCNCCN(C)CCNCCN(C)C. The van der Waals surface area contributed by atoms with Gasteiger partial charge >= 0.3 is 0 Å². The first kappa shape index (κ1) is 17.8. The van der Waals surface area contributed by atoms with E-state index in [9.17, 15) is 0 Å². The topological polar surface area (TPSA) is 33.8 Å². The van der Waals surface area contributed by atoms with E-state index in [2.05, 4.69) is 60.6 Å². The van der Waals surface area contributed by atoms with Gasteiger partial charge in [0.1, 0.15) is 0 Å². The van der Waals surface area contributed by atoms with Crippen LogP contribution in [0.25, 0.3) is 0 Å². The molecule has 2 N–H and O–H groups in total. The van der Waals surface area contributed by atoms with Gasteiger partial charge in [-0.25, -0.2) is 0 Å². The Kier molecular flexibility index (Phi) is 11.7. The van der Waals surface area contributed by atoms with Gasteiger partial charge in [-0.3, -0.25) is 0 Å². The first-order valence-corrected chi connectivity index (χ1v) is 6.92. The molecule has 0 unspecified atom stereocenters. The highest BCUT2D eigenvalue weighted by molar-refractivity contribution is 4.59. The highest BCUT2D eigenvalue weighted by Gasteiger charge is 1.98. The Morgan fingerprint density at radius 2 is 0.889 bits per heavy atom. The third kappa shape index (κ3) is 13.9. The van der Waals surface area contributed by atoms with Gasteiger partial charge in [-0.15, -0.1) is 0 Å². The monoisotopic (exact) mass is 259 g/mol. The zero-order chi connectivity index (χ0) is 13.8. The molecule has 0 saturated carbocycles. The van der Waals surface area contributed by atoms with Crippen LogP contribution in [0, 0.1) is 0 Å². The lowest BCUT2D eigenvalue weighted by Gasteiger charge is -2.18. The van der Waals surface area contributed by atoms with E-state index in [1.165, 1.54) is 0 Å². The summed E-state index contributed by atoms with van der Waals surface area (Å²) in [6, 6.07) is 0. The molecule has 0 spiro atoms. The van der Waals surface area contributed by atoms with E-state index < -0.39 is 0 Å². The zero-order valence-corrected chi connectivity index (χ0v) is 13.0. The molecule has 0 aromatic heterocycles. The minimum absolute atomic E-state index is 1.07. The molecule has 0 aromatic carbocycles. The number of hydrogen-bond donors (Lipinski definition) is 2. The van der Waals surface area contributed by atoms with Crippen molar-refractivity contribution in [1.82, 2.24) is 25.3 Å². The molecule has 0 atom stereocenters. The van der Waals surface area contributed by atoms with E-state index in [0.29, 0.717) is 0 Å². The summed E-state index contributed by atoms with van der Waals surface area (Å²) in [6.07, 6.45) is 0. The van der Waals surface area contributed by atoms with Gasteiger partial charge in [-0.1, -0.05) is 0 Å². The fourth-order valence-corrected chi connectivity index (χ4v) is 1.51. The van der Waals surface area contributed by atoms with Gasteiger partial charge < -0.3 is 25.3 Å². The Hall–Kier alpha value is -0.200. The Morgan fingerprint density at radius 3 is 1.22 bits per heavy atom. The number of nitrogens with one attached hydrogen (secondary N) is 2. The minimum atomic E-state index is 1.07. The molecule has 0 amide bonds. The van der Waals surface area contributed by atoms with Crippen LogP contribution in [0.5, 0.6) is 0 Å². The Balaban J connectivity index is 3.19. The lowest BCUT2D eigenvalue weighted by Crippen LogP contribution is -2.37. The van der Waals surface area contributed by atoms with Crippen molar-refractivity contribution in [2.75, 3.05) is 87.6 Å². The number of likely N-dealkylation sites (N-methyl/N-ethyl adjacent to an activating group) is 3. The first-order valence-electron chi connectivity index (χ1n) is 6.92. The molecule has 18 heavy (non-hydrogen) atoms. The average Bonchev–Trinajstić information content (AvgIpc) is 2.27. The maximum atomic E-state index is 3.45. The van der Waals surface area contributed by atoms with Crippen molar-refractivity contribution < 1.29 is 0 Å². The van der Waals surface area contributed by atoms with Gasteiger partial charge in [0.2, 0.25) is 0 Å². The number of hydrogen-bond acceptors (Lipinski definition) is 5. The number of nitrogens with zero attached hydrogens (tertiary/aromatic N) is 3. The van der Waals surface area contributed by atoms with Crippen molar-refractivity contribution in [3.8, 4) is 0 Å². The lowest BCUT2D eigenvalue weighted by molar-refractivity contribution is 0.319. The second-order valence-electron chi connectivity index (χ2n) is 5.41. The van der Waals surface area contributed by atoms with E-state index in [0.717, 1.165) is 52.4 Å². The molecule has 0 bridgehead atoms. The molecule has 0 heterocycles. The van der Waals surface area contributed by atoms with Crippen molar-refractivity contribution in [2.45, 2.75) is 0 Å². The standard InChI is InChI=1S/C13H33N5/c1-16(2)10-6-14-8-12-18(5)13-9-15-7-11-17(3)4/h14-15H,6-13H2,1-5H3. The summed E-state index contributed by atoms with van der Waals surface area (Å²) in [4.78, 5) is 6.77. The van der Waals surface area contributed by atoms with Gasteiger partial charge in [0, 0.05) is 52.4 Å². The van der Waals surface area contributed by atoms with Crippen molar-refractivity contribution in [3.05, 3.63) is 0 Å². The van der Waals surface area contributed by atoms with Crippen molar-refractivity contribution in [1.29, 1.82) is 0 Å². The third-order valence-electron chi connectivity index (χ3n) is 2.81. The summed E-state index contributed by atoms with van der Waals surface area (Å²) in [5.74, 6) is 0. The summed E-state index contributed by atoms with van der Waals surface area (Å²) in [7, 11) is 10.6. The van der Waals surface area contributed by atoms with Crippen LogP contribution in [0.1, 0.15) is 0 Å². The van der Waals surface area contributed by atoms with Gasteiger partial charge in [0.05, 0.1) is 0 Å². The van der Waals surface area contributed by atoms with E-state index in [-0.39, 0.29) is 0 Å². The van der Waals surface area contributed by atoms with Crippen LogP contribution in [0.3, 0.4) is 0 Å². The molecule has 0 aliphatic rings. The largest absolute Gasteiger partial charge is 0.314 e. The summed E-state index contributed by atoms with van der Waals surface area (Å²) in [6.45, 7) is 8.73.